The summed E-state index contributed by atoms with van der Waals surface area (Å²) in [6.45, 7) is 6.62. The van der Waals surface area contributed by atoms with Crippen LogP contribution in [0.15, 0.2) is 61.9 Å². The van der Waals surface area contributed by atoms with Gasteiger partial charge in [0.05, 0.1) is 11.4 Å². The van der Waals surface area contributed by atoms with Crippen LogP contribution in [0.2, 0.25) is 0 Å². The van der Waals surface area contributed by atoms with E-state index in [9.17, 15) is 9.59 Å². The second kappa shape index (κ2) is 10.3. The van der Waals surface area contributed by atoms with Crippen molar-refractivity contribution in [2.24, 2.45) is 0 Å². The van der Waals surface area contributed by atoms with Crippen LogP contribution in [0, 0.1) is 20.8 Å². The van der Waals surface area contributed by atoms with Gasteiger partial charge < -0.3 is 19.2 Å². The van der Waals surface area contributed by atoms with Gasteiger partial charge in [0, 0.05) is 35.7 Å². The highest BCUT2D eigenvalue weighted by molar-refractivity contribution is 9.10. The number of benzene rings is 2. The summed E-state index contributed by atoms with van der Waals surface area (Å²) in [7, 11) is 0. The topological polar surface area (TPSA) is 101 Å². The molecule has 0 radical (unpaired) electrons. The van der Waals surface area contributed by atoms with Gasteiger partial charge >= 0.3 is 0 Å². The summed E-state index contributed by atoms with van der Waals surface area (Å²) in [5, 5.41) is 6.98. The van der Waals surface area contributed by atoms with E-state index in [2.05, 4.69) is 31.4 Å². The fourth-order valence-corrected chi connectivity index (χ4v) is 5.02. The van der Waals surface area contributed by atoms with Crippen LogP contribution in [0.25, 0.3) is 11.3 Å². The average Bonchev–Trinajstić information content (AvgIpc) is 3.45. The van der Waals surface area contributed by atoms with Crippen LogP contribution in [0.3, 0.4) is 0 Å². The predicted octanol–water partition coefficient (Wildman–Crippen LogP) is 6.29. The number of oxazole rings is 1. The fraction of sp³-hybridized carbons (Fsp3) is 0.286. The molecule has 0 aliphatic carbocycles. The van der Waals surface area contributed by atoms with Crippen LogP contribution in [0.1, 0.15) is 62.5 Å². The number of nitrogens with one attached hydrogen (secondary N) is 1. The lowest BCUT2D eigenvalue weighted by molar-refractivity contribution is 0.0678. The largest absolute Gasteiger partial charge is 0.436 e. The molecule has 0 saturated carbocycles. The average molecular weight is 563 g/mol. The lowest BCUT2D eigenvalue weighted by atomic mass is 9.89. The molecule has 0 spiro atoms. The van der Waals surface area contributed by atoms with Crippen molar-refractivity contribution in [2.75, 3.05) is 18.4 Å². The Balaban J connectivity index is 1.22. The number of aromatic nitrogens is 2. The van der Waals surface area contributed by atoms with E-state index in [4.69, 9.17) is 8.94 Å². The summed E-state index contributed by atoms with van der Waals surface area (Å²) in [6.07, 6.45) is 1.72. The quantitative estimate of drug-likeness (QED) is 0.306. The van der Waals surface area contributed by atoms with Gasteiger partial charge in [0.2, 0.25) is 5.76 Å². The van der Waals surface area contributed by atoms with Gasteiger partial charge in [-0.05, 0) is 74.6 Å². The predicted molar refractivity (Wildman–Crippen MR) is 143 cm³/mol. The number of anilines is 1. The van der Waals surface area contributed by atoms with Gasteiger partial charge in [0.25, 0.3) is 11.8 Å². The first-order valence-corrected chi connectivity index (χ1v) is 13.0. The van der Waals surface area contributed by atoms with Gasteiger partial charge in [0.1, 0.15) is 5.56 Å². The first kappa shape index (κ1) is 25.0. The zero-order chi connectivity index (χ0) is 26.1. The maximum Gasteiger partial charge on any atom is 0.291 e. The molecule has 4 aromatic rings. The molecule has 2 aromatic carbocycles. The minimum Gasteiger partial charge on any atom is -0.436 e. The molecule has 1 fully saturated rings. The van der Waals surface area contributed by atoms with E-state index in [1.165, 1.54) is 5.56 Å². The number of hydrogen-bond acceptors (Lipinski definition) is 6. The van der Waals surface area contributed by atoms with Crippen molar-refractivity contribution in [3.05, 3.63) is 87.2 Å². The molecule has 37 heavy (non-hydrogen) atoms. The summed E-state index contributed by atoms with van der Waals surface area (Å²) < 4.78 is 11.9. The summed E-state index contributed by atoms with van der Waals surface area (Å²) in [5.74, 6) is 1.26. The summed E-state index contributed by atoms with van der Waals surface area (Å²) >= 11 is 3.42. The number of amides is 2. The Bertz CT molecular complexity index is 1430. The number of rotatable bonds is 5. The highest BCUT2D eigenvalue weighted by Crippen LogP contribution is 2.31. The molecule has 190 valence electrons. The number of hydrogen-bond donors (Lipinski definition) is 1. The SMILES string of the molecule is Cc1nc(C)c(C(=O)N2CCC(c3ccc(NC(=O)c4c(C)noc4-c4ccc(Br)cc4)cc3)CC2)o1. The highest BCUT2D eigenvalue weighted by Gasteiger charge is 2.28. The summed E-state index contributed by atoms with van der Waals surface area (Å²) in [4.78, 5) is 32.0. The molecule has 0 atom stereocenters. The number of likely N-dealkylation sites (tertiary alicyclic amines) is 1. The third kappa shape index (κ3) is 5.22. The first-order valence-electron chi connectivity index (χ1n) is 12.2. The number of halogens is 1. The number of carbonyl (C=O) groups is 2. The molecule has 2 amide bonds. The Kier molecular flexibility index (Phi) is 6.97. The van der Waals surface area contributed by atoms with E-state index in [1.807, 2.05) is 53.4 Å². The first-order chi connectivity index (χ1) is 17.8. The van der Waals surface area contributed by atoms with E-state index in [0.717, 1.165) is 22.9 Å². The standard InChI is InChI=1S/C28H27BrN4O4/c1-16-24(26(37-32-16)21-4-8-22(29)9-5-21)27(34)31-23-10-6-19(7-11-23)20-12-14-33(15-13-20)28(35)25-17(2)30-18(3)36-25/h4-11,20H,12-15H2,1-3H3,(H,31,34). The summed E-state index contributed by atoms with van der Waals surface area (Å²) in [5.41, 5.74) is 4.24. The molecule has 2 aromatic heterocycles. The Morgan fingerprint density at radius 2 is 1.65 bits per heavy atom. The van der Waals surface area contributed by atoms with Crippen molar-refractivity contribution in [1.29, 1.82) is 0 Å². The Labute approximate surface area is 223 Å². The molecule has 0 unspecified atom stereocenters. The normalized spacial score (nSPS) is 14.1. The highest BCUT2D eigenvalue weighted by atomic mass is 79.9. The van der Waals surface area contributed by atoms with Gasteiger partial charge in [-0.3, -0.25) is 9.59 Å². The number of aryl methyl sites for hydroxylation is 3. The minimum absolute atomic E-state index is 0.0962. The molecule has 1 aliphatic heterocycles. The van der Waals surface area contributed by atoms with E-state index in [-0.39, 0.29) is 11.8 Å². The van der Waals surface area contributed by atoms with Crippen molar-refractivity contribution in [3.8, 4) is 11.3 Å². The maximum absolute atomic E-state index is 13.1. The van der Waals surface area contributed by atoms with Crippen molar-refractivity contribution >= 4 is 33.4 Å². The van der Waals surface area contributed by atoms with Crippen molar-refractivity contribution in [1.82, 2.24) is 15.0 Å². The van der Waals surface area contributed by atoms with E-state index < -0.39 is 0 Å². The lowest BCUT2D eigenvalue weighted by Gasteiger charge is -2.31. The van der Waals surface area contributed by atoms with Gasteiger partial charge in [-0.2, -0.15) is 0 Å². The van der Waals surface area contributed by atoms with E-state index in [0.29, 0.717) is 59.1 Å². The minimum atomic E-state index is -0.269. The molecule has 3 heterocycles. The monoisotopic (exact) mass is 562 g/mol. The van der Waals surface area contributed by atoms with Crippen LogP contribution in [0.5, 0.6) is 0 Å². The van der Waals surface area contributed by atoms with Crippen LogP contribution in [-0.2, 0) is 0 Å². The summed E-state index contributed by atoms with van der Waals surface area (Å²) in [6, 6.07) is 15.4. The zero-order valence-electron chi connectivity index (χ0n) is 20.9. The number of carbonyl (C=O) groups excluding carboxylic acids is 2. The van der Waals surface area contributed by atoms with Gasteiger partial charge in [0.15, 0.2) is 11.7 Å². The molecular formula is C28H27BrN4O4. The molecule has 0 bridgehead atoms. The Morgan fingerprint density at radius 3 is 2.27 bits per heavy atom. The molecule has 9 heteroatoms. The van der Waals surface area contributed by atoms with Crippen LogP contribution < -0.4 is 5.32 Å². The fourth-order valence-electron chi connectivity index (χ4n) is 4.76. The molecule has 1 N–H and O–H groups in total. The second-order valence-electron chi connectivity index (χ2n) is 9.27. The third-order valence-electron chi connectivity index (χ3n) is 6.72. The third-order valence-corrected chi connectivity index (χ3v) is 7.24. The molecule has 8 nitrogen and oxygen atoms in total. The van der Waals surface area contributed by atoms with E-state index >= 15 is 0 Å². The van der Waals surface area contributed by atoms with Crippen LogP contribution in [0.4, 0.5) is 5.69 Å². The van der Waals surface area contributed by atoms with Crippen molar-refractivity contribution in [3.63, 3.8) is 0 Å². The molecular weight excluding hydrogens is 536 g/mol. The number of piperidine rings is 1. The molecule has 5 rings (SSSR count). The van der Waals surface area contributed by atoms with Crippen molar-refractivity contribution in [2.45, 2.75) is 39.5 Å². The van der Waals surface area contributed by atoms with Crippen molar-refractivity contribution < 1.29 is 18.5 Å². The van der Waals surface area contributed by atoms with Gasteiger partial charge in [-0.25, -0.2) is 4.98 Å². The number of nitrogens with zero attached hydrogens (tertiary/aromatic N) is 3. The van der Waals surface area contributed by atoms with Crippen LogP contribution in [-0.4, -0.2) is 39.9 Å². The van der Waals surface area contributed by atoms with E-state index in [1.54, 1.807) is 20.8 Å². The molecule has 1 aliphatic rings. The Morgan fingerprint density at radius 1 is 0.973 bits per heavy atom. The maximum atomic E-state index is 13.1. The lowest BCUT2D eigenvalue weighted by Crippen LogP contribution is -2.38. The van der Waals surface area contributed by atoms with Gasteiger partial charge in [-0.1, -0.05) is 33.2 Å². The zero-order valence-corrected chi connectivity index (χ0v) is 22.5. The second-order valence-corrected chi connectivity index (χ2v) is 10.2. The van der Waals surface area contributed by atoms with Gasteiger partial charge in [-0.15, -0.1) is 0 Å². The smallest absolute Gasteiger partial charge is 0.291 e. The van der Waals surface area contributed by atoms with Crippen LogP contribution >= 0.6 is 15.9 Å². The molecule has 1 saturated heterocycles. The Hall–Kier alpha value is -3.72.